The highest BCUT2D eigenvalue weighted by atomic mass is 32.1. The number of thiophene rings is 1. The third-order valence-corrected chi connectivity index (χ3v) is 10.3. The summed E-state index contributed by atoms with van der Waals surface area (Å²) < 4.78 is 1.26. The van der Waals surface area contributed by atoms with Gasteiger partial charge in [0.05, 0.1) is 16.7 Å². The van der Waals surface area contributed by atoms with E-state index in [2.05, 4.69) is 80.5 Å². The molecule has 1 aliphatic carbocycles. The van der Waals surface area contributed by atoms with E-state index in [9.17, 15) is 9.59 Å². The third kappa shape index (κ3) is 5.22. The monoisotopic (exact) mass is 627 g/mol. The fraction of sp³-hybridized carbons (Fsp3) is 0.163. The Morgan fingerprint density at radius 1 is 0.723 bits per heavy atom. The van der Waals surface area contributed by atoms with E-state index in [0.717, 1.165) is 23.2 Å². The summed E-state index contributed by atoms with van der Waals surface area (Å²) in [5, 5.41) is 2.49. The predicted molar refractivity (Wildman–Crippen MR) is 193 cm³/mol. The Morgan fingerprint density at radius 2 is 1.26 bits per heavy atom. The van der Waals surface area contributed by atoms with Gasteiger partial charge in [-0.05, 0) is 73.3 Å². The maximum atomic E-state index is 14.2. The SMILES string of the molecule is CCC(C)N1/C(=C/C=C2C(=O)c3c(C#Cc4ccccc4)ccc(C#Cc4ccccc4)c3C2=O)C(C)(C)c2c1sc1ccccc21. The van der Waals surface area contributed by atoms with Crippen molar-refractivity contribution in [2.24, 2.45) is 0 Å². The number of anilines is 1. The molecular weight excluding hydrogens is 595 g/mol. The van der Waals surface area contributed by atoms with E-state index in [1.807, 2.05) is 78.9 Å². The van der Waals surface area contributed by atoms with Gasteiger partial charge in [-0.2, -0.15) is 0 Å². The zero-order valence-corrected chi connectivity index (χ0v) is 27.7. The molecule has 4 heteroatoms. The first kappa shape index (κ1) is 30.2. The number of carbonyl (C=O) groups is 2. The van der Waals surface area contributed by atoms with E-state index in [1.54, 1.807) is 17.4 Å². The van der Waals surface area contributed by atoms with Crippen LogP contribution in [0.25, 0.3) is 10.1 Å². The maximum Gasteiger partial charge on any atom is 0.199 e. The molecule has 0 radical (unpaired) electrons. The lowest BCUT2D eigenvalue weighted by Gasteiger charge is -2.31. The Balaban J connectivity index is 1.36. The fourth-order valence-electron chi connectivity index (χ4n) is 6.54. The van der Waals surface area contributed by atoms with Crippen molar-refractivity contribution >= 4 is 38.0 Å². The summed E-state index contributed by atoms with van der Waals surface area (Å²) in [5.74, 6) is 12.1. The molecule has 1 atom stereocenters. The lowest BCUT2D eigenvalue weighted by molar-refractivity contribution is 0.0988. The highest BCUT2D eigenvalue weighted by Crippen LogP contribution is 2.56. The number of allylic oxidation sites excluding steroid dienone is 4. The molecule has 3 nitrogen and oxygen atoms in total. The fourth-order valence-corrected chi connectivity index (χ4v) is 8.02. The van der Waals surface area contributed by atoms with Crippen LogP contribution in [-0.2, 0) is 5.41 Å². The average Bonchev–Trinajstić information content (AvgIpc) is 3.67. The number of rotatable bonds is 3. The summed E-state index contributed by atoms with van der Waals surface area (Å²) in [6.45, 7) is 8.89. The van der Waals surface area contributed by atoms with Gasteiger partial charge in [-0.1, -0.05) is 99.1 Å². The van der Waals surface area contributed by atoms with Crippen LogP contribution in [0.1, 0.15) is 82.6 Å². The Labute approximate surface area is 280 Å². The van der Waals surface area contributed by atoms with E-state index < -0.39 is 0 Å². The number of fused-ring (bicyclic) bond motifs is 4. The van der Waals surface area contributed by atoms with Crippen LogP contribution in [0, 0.1) is 23.7 Å². The summed E-state index contributed by atoms with van der Waals surface area (Å²) in [6, 6.07) is 31.7. The van der Waals surface area contributed by atoms with E-state index in [0.29, 0.717) is 22.3 Å². The van der Waals surface area contributed by atoms with Gasteiger partial charge in [0.25, 0.3) is 0 Å². The van der Waals surface area contributed by atoms with Crippen LogP contribution >= 0.6 is 11.3 Å². The molecule has 1 aromatic heterocycles. The molecule has 2 aliphatic rings. The van der Waals surface area contributed by atoms with Crippen molar-refractivity contribution in [3.63, 3.8) is 0 Å². The number of ketones is 2. The van der Waals surface area contributed by atoms with Gasteiger partial charge < -0.3 is 4.90 Å². The molecule has 47 heavy (non-hydrogen) atoms. The Hall–Kier alpha value is -5.42. The second-order valence-corrected chi connectivity index (χ2v) is 13.5. The van der Waals surface area contributed by atoms with Gasteiger partial charge >= 0.3 is 0 Å². The molecule has 0 spiro atoms. The summed E-state index contributed by atoms with van der Waals surface area (Å²) in [6.07, 6.45) is 4.68. The normalized spacial score (nSPS) is 16.0. The van der Waals surface area contributed by atoms with Crippen molar-refractivity contribution in [2.75, 3.05) is 4.90 Å². The van der Waals surface area contributed by atoms with Gasteiger partial charge in [0, 0.05) is 49.7 Å². The van der Waals surface area contributed by atoms with Crippen molar-refractivity contribution in [1.29, 1.82) is 0 Å². The standard InChI is InChI=1S/C43H33NO2S/c1-5-28(2)44-36(43(3,4)39-33-18-12-13-19-35(33)47-42(39)44)27-26-34-40(45)37-31(22-20-29-14-8-6-9-15-29)24-25-32(38(37)41(34)46)23-21-30-16-10-7-11-17-30/h6-19,24-28H,5H2,1-4H3/b36-27+. The summed E-state index contributed by atoms with van der Waals surface area (Å²) in [7, 11) is 0. The lowest BCUT2D eigenvalue weighted by Crippen LogP contribution is -2.33. The molecule has 0 bridgehead atoms. The van der Waals surface area contributed by atoms with Crippen LogP contribution in [-0.4, -0.2) is 17.6 Å². The van der Waals surface area contributed by atoms with Gasteiger partial charge in [0.2, 0.25) is 0 Å². The van der Waals surface area contributed by atoms with E-state index >= 15 is 0 Å². The molecule has 7 rings (SSSR count). The second kappa shape index (κ2) is 12.1. The summed E-state index contributed by atoms with van der Waals surface area (Å²) in [5.41, 5.74) is 5.58. The number of hydrogen-bond donors (Lipinski definition) is 0. The molecule has 5 aromatic rings. The van der Waals surface area contributed by atoms with E-state index in [-0.39, 0.29) is 28.6 Å². The molecule has 1 aliphatic heterocycles. The number of hydrogen-bond acceptors (Lipinski definition) is 4. The largest absolute Gasteiger partial charge is 0.333 e. The lowest BCUT2D eigenvalue weighted by atomic mass is 9.83. The quantitative estimate of drug-likeness (QED) is 0.114. The highest BCUT2D eigenvalue weighted by Gasteiger charge is 2.44. The smallest absolute Gasteiger partial charge is 0.199 e. The minimum atomic E-state index is -0.328. The zero-order chi connectivity index (χ0) is 32.7. The average molecular weight is 628 g/mol. The molecule has 0 amide bonds. The van der Waals surface area contributed by atoms with Crippen LogP contribution in [0.3, 0.4) is 0 Å². The molecule has 0 saturated carbocycles. The predicted octanol–water partition coefficient (Wildman–Crippen LogP) is 9.49. The molecule has 0 fully saturated rings. The van der Waals surface area contributed by atoms with E-state index in [1.165, 1.54) is 20.7 Å². The Morgan fingerprint density at radius 3 is 1.81 bits per heavy atom. The van der Waals surface area contributed by atoms with E-state index in [4.69, 9.17) is 0 Å². The molecule has 228 valence electrons. The summed E-state index contributed by atoms with van der Waals surface area (Å²) >= 11 is 1.80. The van der Waals surface area contributed by atoms with Gasteiger partial charge in [-0.15, -0.1) is 11.3 Å². The van der Waals surface area contributed by atoms with Crippen LogP contribution in [0.5, 0.6) is 0 Å². The van der Waals surface area contributed by atoms with Crippen molar-refractivity contribution in [1.82, 2.24) is 0 Å². The van der Waals surface area contributed by atoms with Crippen LogP contribution in [0.4, 0.5) is 5.00 Å². The van der Waals surface area contributed by atoms with Crippen molar-refractivity contribution in [3.05, 3.63) is 159 Å². The van der Waals surface area contributed by atoms with Crippen LogP contribution < -0.4 is 4.90 Å². The molecule has 1 unspecified atom stereocenters. The van der Waals surface area contributed by atoms with Gasteiger partial charge in [-0.3, -0.25) is 9.59 Å². The van der Waals surface area contributed by atoms with Crippen molar-refractivity contribution in [3.8, 4) is 23.7 Å². The number of carbonyl (C=O) groups excluding carboxylic acids is 2. The number of nitrogens with zero attached hydrogens (tertiary/aromatic N) is 1. The summed E-state index contributed by atoms with van der Waals surface area (Å²) in [4.78, 5) is 30.8. The number of Topliss-reactive ketones (excluding diaryl/α,β-unsaturated/α-hetero) is 2. The number of benzene rings is 4. The second-order valence-electron chi connectivity index (χ2n) is 12.5. The first-order valence-electron chi connectivity index (χ1n) is 15.9. The highest BCUT2D eigenvalue weighted by molar-refractivity contribution is 7.23. The van der Waals surface area contributed by atoms with Crippen molar-refractivity contribution < 1.29 is 9.59 Å². The Kier molecular flexibility index (Phi) is 7.77. The minimum absolute atomic E-state index is 0.143. The minimum Gasteiger partial charge on any atom is -0.333 e. The topological polar surface area (TPSA) is 37.4 Å². The first-order valence-corrected chi connectivity index (χ1v) is 16.8. The molecular formula is C43H33NO2S. The molecule has 2 heterocycles. The molecule has 0 N–H and O–H groups in total. The van der Waals surface area contributed by atoms with Crippen molar-refractivity contribution in [2.45, 2.75) is 45.6 Å². The molecule has 4 aromatic carbocycles. The van der Waals surface area contributed by atoms with Gasteiger partial charge in [-0.25, -0.2) is 0 Å². The maximum absolute atomic E-state index is 14.2. The van der Waals surface area contributed by atoms with Crippen LogP contribution in [0.2, 0.25) is 0 Å². The van der Waals surface area contributed by atoms with Gasteiger partial charge in [0.1, 0.15) is 5.00 Å². The Bertz CT molecular complexity index is 2170. The molecule has 0 saturated heterocycles. The first-order chi connectivity index (χ1) is 22.8. The third-order valence-electron chi connectivity index (χ3n) is 9.14. The zero-order valence-electron chi connectivity index (χ0n) is 26.8. The van der Waals surface area contributed by atoms with Crippen LogP contribution in [0.15, 0.2) is 120 Å². The van der Waals surface area contributed by atoms with Gasteiger partial charge in [0.15, 0.2) is 11.6 Å².